The van der Waals surface area contributed by atoms with E-state index in [2.05, 4.69) is 10.4 Å². The molecule has 1 aromatic carbocycles. The van der Waals surface area contributed by atoms with E-state index in [0.29, 0.717) is 17.8 Å². The highest BCUT2D eigenvalue weighted by atomic mass is 31.2. The molecule has 0 spiro atoms. The molecule has 6 nitrogen and oxygen atoms in total. The van der Waals surface area contributed by atoms with Crippen molar-refractivity contribution >= 4 is 19.1 Å². The van der Waals surface area contributed by atoms with Crippen LogP contribution in [0.3, 0.4) is 0 Å². The largest absolute Gasteiger partial charge is 0.385 e. The predicted octanol–water partition coefficient (Wildman–Crippen LogP) is 2.42. The molecule has 0 heterocycles. The zero-order chi connectivity index (χ0) is 16.4. The number of terminal acetylenes is 1. The third kappa shape index (κ3) is 6.77. The van der Waals surface area contributed by atoms with Gasteiger partial charge < -0.3 is 20.0 Å². The SMILES string of the molecule is C#CP(=O)(O)Nc1ccc(C(=O)NCCCCCOC)cc1. The predicted molar refractivity (Wildman–Crippen MR) is 86.8 cm³/mol. The third-order valence-electron chi connectivity index (χ3n) is 2.91. The Bertz CT molecular complexity index is 566. The summed E-state index contributed by atoms with van der Waals surface area (Å²) in [4.78, 5) is 21.2. The van der Waals surface area contributed by atoms with Gasteiger partial charge in [-0.25, -0.2) is 0 Å². The van der Waals surface area contributed by atoms with Crippen molar-refractivity contribution in [3.8, 4) is 12.1 Å². The van der Waals surface area contributed by atoms with E-state index in [9.17, 15) is 14.3 Å². The fourth-order valence-corrected chi connectivity index (χ4v) is 2.32. The number of methoxy groups -OCH3 is 1. The summed E-state index contributed by atoms with van der Waals surface area (Å²) in [5.74, 6) is -0.178. The van der Waals surface area contributed by atoms with E-state index in [1.807, 2.05) is 0 Å². The van der Waals surface area contributed by atoms with E-state index < -0.39 is 7.52 Å². The van der Waals surface area contributed by atoms with Gasteiger partial charge in [0.15, 0.2) is 0 Å². The zero-order valence-corrected chi connectivity index (χ0v) is 13.4. The molecule has 7 heteroatoms. The van der Waals surface area contributed by atoms with Crippen LogP contribution in [0.5, 0.6) is 0 Å². The summed E-state index contributed by atoms with van der Waals surface area (Å²) < 4.78 is 16.3. The summed E-state index contributed by atoms with van der Waals surface area (Å²) in [6.07, 6.45) is 7.80. The molecule has 0 aliphatic heterocycles. The van der Waals surface area contributed by atoms with Crippen LogP contribution in [0.25, 0.3) is 0 Å². The summed E-state index contributed by atoms with van der Waals surface area (Å²) >= 11 is 0. The lowest BCUT2D eigenvalue weighted by atomic mass is 10.2. The number of hydrogen-bond donors (Lipinski definition) is 3. The molecule has 0 bridgehead atoms. The van der Waals surface area contributed by atoms with Gasteiger partial charge in [-0.1, -0.05) is 0 Å². The maximum atomic E-state index is 11.9. The van der Waals surface area contributed by atoms with Crippen molar-refractivity contribution in [3.05, 3.63) is 29.8 Å². The summed E-state index contributed by atoms with van der Waals surface area (Å²) in [6.45, 7) is 1.33. The second kappa shape index (κ2) is 9.26. The highest BCUT2D eigenvalue weighted by molar-refractivity contribution is 7.64. The molecule has 0 aliphatic rings. The number of amides is 1. The lowest BCUT2D eigenvalue weighted by Crippen LogP contribution is -2.24. The first-order valence-corrected chi connectivity index (χ1v) is 8.60. The van der Waals surface area contributed by atoms with Crippen molar-refractivity contribution in [2.24, 2.45) is 0 Å². The first-order chi connectivity index (χ1) is 10.5. The van der Waals surface area contributed by atoms with Crippen LogP contribution in [-0.4, -0.2) is 31.1 Å². The Kier molecular flexibility index (Phi) is 7.69. The maximum absolute atomic E-state index is 11.9. The van der Waals surface area contributed by atoms with Crippen molar-refractivity contribution in [1.82, 2.24) is 5.32 Å². The summed E-state index contributed by atoms with van der Waals surface area (Å²) in [5.41, 5.74) is 2.66. The Morgan fingerprint density at radius 2 is 2.00 bits per heavy atom. The molecule has 1 atom stereocenters. The van der Waals surface area contributed by atoms with Gasteiger partial charge in [0, 0.05) is 37.2 Å². The number of ether oxygens (including phenoxy) is 1. The van der Waals surface area contributed by atoms with Crippen molar-refractivity contribution in [1.29, 1.82) is 0 Å². The molecule has 1 rings (SSSR count). The normalized spacial score (nSPS) is 13.0. The van der Waals surface area contributed by atoms with E-state index in [-0.39, 0.29) is 5.91 Å². The van der Waals surface area contributed by atoms with Crippen LogP contribution in [0.1, 0.15) is 29.6 Å². The summed E-state index contributed by atoms with van der Waals surface area (Å²) in [6, 6.07) is 6.21. The van der Waals surface area contributed by atoms with E-state index in [1.165, 1.54) is 12.1 Å². The van der Waals surface area contributed by atoms with Crippen LogP contribution < -0.4 is 10.4 Å². The number of carbonyl (C=O) groups is 1. The van der Waals surface area contributed by atoms with Gasteiger partial charge in [-0.2, -0.15) is 0 Å². The Labute approximate surface area is 130 Å². The Hall–Kier alpha value is -1.80. The lowest BCUT2D eigenvalue weighted by molar-refractivity contribution is 0.0952. The van der Waals surface area contributed by atoms with Crippen molar-refractivity contribution in [3.63, 3.8) is 0 Å². The molecule has 0 fully saturated rings. The molecule has 0 aromatic heterocycles. The number of anilines is 1. The third-order valence-corrected chi connectivity index (χ3v) is 3.82. The van der Waals surface area contributed by atoms with E-state index in [4.69, 9.17) is 11.2 Å². The van der Waals surface area contributed by atoms with Gasteiger partial charge in [-0.05, 0) is 43.5 Å². The summed E-state index contributed by atoms with van der Waals surface area (Å²) in [5, 5.41) is 5.16. The molecule has 3 N–H and O–H groups in total. The van der Waals surface area contributed by atoms with Crippen LogP contribution >= 0.6 is 7.52 Å². The monoisotopic (exact) mass is 324 g/mol. The minimum absolute atomic E-state index is 0.178. The molecule has 22 heavy (non-hydrogen) atoms. The molecular formula is C15H21N2O4P. The van der Waals surface area contributed by atoms with E-state index >= 15 is 0 Å². The highest BCUT2D eigenvalue weighted by Gasteiger charge is 2.13. The number of carbonyl (C=O) groups excluding carboxylic acids is 1. The first kappa shape index (κ1) is 18.2. The molecule has 1 aromatic rings. The second-order valence-electron chi connectivity index (χ2n) is 4.70. The number of rotatable bonds is 9. The minimum Gasteiger partial charge on any atom is -0.385 e. The molecule has 0 saturated heterocycles. The molecule has 0 radical (unpaired) electrons. The molecule has 120 valence electrons. The second-order valence-corrected chi connectivity index (χ2v) is 6.34. The fraction of sp³-hybridized carbons (Fsp3) is 0.400. The topological polar surface area (TPSA) is 87.7 Å². The minimum atomic E-state index is -3.80. The molecule has 1 amide bonds. The molecule has 0 saturated carbocycles. The standard InChI is InChI=1S/C15H21N2O4P/c1-3-22(19,20)17-14-9-7-13(8-10-14)15(18)16-11-5-4-6-12-21-2/h1,7-10H,4-6,11-12H2,2H3,(H,16,18)(H2,17,19,20). The quantitative estimate of drug-likeness (QED) is 0.369. The van der Waals surface area contributed by atoms with Crippen LogP contribution in [0.2, 0.25) is 0 Å². The molecule has 0 aliphatic carbocycles. The summed E-state index contributed by atoms with van der Waals surface area (Å²) in [7, 11) is -2.13. The zero-order valence-electron chi connectivity index (χ0n) is 12.5. The van der Waals surface area contributed by atoms with E-state index in [0.717, 1.165) is 25.9 Å². The smallest absolute Gasteiger partial charge is 0.364 e. The Balaban J connectivity index is 2.41. The molecular weight excluding hydrogens is 303 g/mol. The van der Waals surface area contributed by atoms with Gasteiger partial charge in [0.2, 0.25) is 0 Å². The Morgan fingerprint density at radius 1 is 1.32 bits per heavy atom. The number of nitrogens with one attached hydrogen (secondary N) is 2. The van der Waals surface area contributed by atoms with E-state index in [1.54, 1.807) is 24.9 Å². The van der Waals surface area contributed by atoms with Crippen LogP contribution in [-0.2, 0) is 9.30 Å². The number of benzene rings is 1. The van der Waals surface area contributed by atoms with Crippen LogP contribution in [0.15, 0.2) is 24.3 Å². The van der Waals surface area contributed by atoms with Gasteiger partial charge in [0.1, 0.15) is 0 Å². The first-order valence-electron chi connectivity index (χ1n) is 6.94. The number of hydrogen-bond acceptors (Lipinski definition) is 3. The van der Waals surface area contributed by atoms with Gasteiger partial charge in [-0.15, -0.1) is 6.42 Å². The molecule has 1 unspecified atom stereocenters. The van der Waals surface area contributed by atoms with Crippen molar-refractivity contribution in [2.45, 2.75) is 19.3 Å². The number of unbranched alkanes of at least 4 members (excludes halogenated alkanes) is 2. The highest BCUT2D eigenvalue weighted by Crippen LogP contribution is 2.38. The average molecular weight is 324 g/mol. The van der Waals surface area contributed by atoms with Crippen molar-refractivity contribution in [2.75, 3.05) is 25.3 Å². The average Bonchev–Trinajstić information content (AvgIpc) is 2.51. The van der Waals surface area contributed by atoms with Crippen LogP contribution in [0.4, 0.5) is 5.69 Å². The van der Waals surface area contributed by atoms with Gasteiger partial charge in [0.25, 0.3) is 5.91 Å². The van der Waals surface area contributed by atoms with Crippen LogP contribution in [0, 0.1) is 12.1 Å². The fourth-order valence-electron chi connectivity index (χ4n) is 1.76. The van der Waals surface area contributed by atoms with Crippen molar-refractivity contribution < 1.29 is 19.0 Å². The van der Waals surface area contributed by atoms with Gasteiger partial charge >= 0.3 is 7.52 Å². The Morgan fingerprint density at radius 3 is 2.59 bits per heavy atom. The maximum Gasteiger partial charge on any atom is 0.364 e. The van der Waals surface area contributed by atoms with Gasteiger partial charge in [-0.3, -0.25) is 9.36 Å². The lowest BCUT2D eigenvalue weighted by Gasteiger charge is -2.09. The van der Waals surface area contributed by atoms with Gasteiger partial charge in [0.05, 0.1) is 0 Å².